The molecule has 0 aliphatic heterocycles. The largest absolute Gasteiger partial charge is 0.312 e. The molecule has 1 aromatic rings. The molecule has 0 bridgehead atoms. The molecule has 0 aliphatic rings. The number of nitrogens with zero attached hydrogens (tertiary/aromatic N) is 3. The lowest BCUT2D eigenvalue weighted by Crippen LogP contribution is -2.27. The maximum atomic E-state index is 13.9. The van der Waals surface area contributed by atoms with Crippen LogP contribution in [-0.2, 0) is 13.1 Å². The zero-order valence-corrected chi connectivity index (χ0v) is 13.9. The Bertz CT molecular complexity index is 377. The summed E-state index contributed by atoms with van der Waals surface area (Å²) < 4.78 is 15.3. The van der Waals surface area contributed by atoms with Crippen molar-refractivity contribution in [1.29, 1.82) is 0 Å². The number of aryl methyl sites for hydroxylation is 2. The average Bonchev–Trinajstić information content (AvgIpc) is 2.69. The number of hydrogen-bond donors (Lipinski definition) is 1. The second-order valence-electron chi connectivity index (χ2n) is 4.73. The van der Waals surface area contributed by atoms with Gasteiger partial charge in [0.15, 0.2) is 0 Å². The molecule has 6 heteroatoms. The molecular formula is C14H28ClFN4. The summed E-state index contributed by atoms with van der Waals surface area (Å²) in [7, 11) is 0. The van der Waals surface area contributed by atoms with Crippen LogP contribution in [0.1, 0.15) is 38.4 Å². The first-order chi connectivity index (χ1) is 9.13. The van der Waals surface area contributed by atoms with Crippen LogP contribution in [0.4, 0.5) is 4.39 Å². The molecule has 1 heterocycles. The lowest BCUT2D eigenvalue weighted by Gasteiger charge is -2.17. The minimum atomic E-state index is -0.198. The summed E-state index contributed by atoms with van der Waals surface area (Å²) in [5.41, 5.74) is 1.49. The molecule has 0 unspecified atom stereocenters. The van der Waals surface area contributed by atoms with Crippen LogP contribution in [0.2, 0.25) is 0 Å². The van der Waals surface area contributed by atoms with Gasteiger partial charge in [0.25, 0.3) is 0 Å². The SMILES string of the molecule is CCN(CC)CCCNCc1c(C)nn(CC)c1F.Cl. The fourth-order valence-corrected chi connectivity index (χ4v) is 2.18. The van der Waals surface area contributed by atoms with Crippen molar-refractivity contribution in [2.24, 2.45) is 0 Å². The van der Waals surface area contributed by atoms with Gasteiger partial charge in [-0.05, 0) is 46.4 Å². The summed E-state index contributed by atoms with van der Waals surface area (Å²) >= 11 is 0. The van der Waals surface area contributed by atoms with E-state index in [1.54, 1.807) is 0 Å². The predicted octanol–water partition coefficient (Wildman–Crippen LogP) is 2.59. The summed E-state index contributed by atoms with van der Waals surface area (Å²) in [5, 5.41) is 7.48. The number of hydrogen-bond acceptors (Lipinski definition) is 3. The van der Waals surface area contributed by atoms with E-state index in [1.807, 2.05) is 13.8 Å². The fraction of sp³-hybridized carbons (Fsp3) is 0.786. The van der Waals surface area contributed by atoms with Gasteiger partial charge < -0.3 is 10.2 Å². The molecule has 0 atom stereocenters. The molecular weight excluding hydrogens is 279 g/mol. The minimum Gasteiger partial charge on any atom is -0.312 e. The van der Waals surface area contributed by atoms with Crippen LogP contribution in [0.3, 0.4) is 0 Å². The van der Waals surface area contributed by atoms with Crippen LogP contribution in [0, 0.1) is 12.9 Å². The lowest BCUT2D eigenvalue weighted by atomic mass is 10.2. The van der Waals surface area contributed by atoms with Gasteiger partial charge in [-0.2, -0.15) is 9.49 Å². The van der Waals surface area contributed by atoms with Crippen molar-refractivity contribution in [3.05, 3.63) is 17.2 Å². The van der Waals surface area contributed by atoms with Gasteiger partial charge in [-0.15, -0.1) is 12.4 Å². The molecule has 1 N–H and O–H groups in total. The maximum Gasteiger partial charge on any atom is 0.216 e. The van der Waals surface area contributed by atoms with Crippen molar-refractivity contribution >= 4 is 12.4 Å². The Morgan fingerprint density at radius 2 is 1.90 bits per heavy atom. The third-order valence-corrected chi connectivity index (χ3v) is 3.51. The highest BCUT2D eigenvalue weighted by Crippen LogP contribution is 2.11. The van der Waals surface area contributed by atoms with Crippen LogP contribution >= 0.6 is 12.4 Å². The summed E-state index contributed by atoms with van der Waals surface area (Å²) in [6.45, 7) is 13.4. The van der Waals surface area contributed by atoms with E-state index < -0.39 is 0 Å². The van der Waals surface area contributed by atoms with Crippen molar-refractivity contribution in [3.8, 4) is 0 Å². The molecule has 0 aliphatic carbocycles. The highest BCUT2D eigenvalue weighted by Gasteiger charge is 2.13. The van der Waals surface area contributed by atoms with Gasteiger partial charge in [0, 0.05) is 18.7 Å². The molecule has 0 spiro atoms. The number of rotatable bonds is 9. The van der Waals surface area contributed by atoms with Crippen LogP contribution in [-0.4, -0.2) is 40.9 Å². The second kappa shape index (κ2) is 10.1. The van der Waals surface area contributed by atoms with Gasteiger partial charge >= 0.3 is 0 Å². The fourth-order valence-electron chi connectivity index (χ4n) is 2.18. The Balaban J connectivity index is 0.00000361. The summed E-state index contributed by atoms with van der Waals surface area (Å²) in [6.07, 6.45) is 1.09. The summed E-state index contributed by atoms with van der Waals surface area (Å²) in [6, 6.07) is 0. The Morgan fingerprint density at radius 3 is 2.40 bits per heavy atom. The van der Waals surface area contributed by atoms with Crippen LogP contribution in [0.25, 0.3) is 0 Å². The quantitative estimate of drug-likeness (QED) is 0.712. The van der Waals surface area contributed by atoms with Crippen LogP contribution < -0.4 is 5.32 Å². The second-order valence-corrected chi connectivity index (χ2v) is 4.73. The van der Waals surface area contributed by atoms with Gasteiger partial charge in [0.05, 0.1) is 5.69 Å². The van der Waals surface area contributed by atoms with Gasteiger partial charge in [-0.25, -0.2) is 4.68 Å². The molecule has 20 heavy (non-hydrogen) atoms. The zero-order valence-electron chi connectivity index (χ0n) is 13.1. The number of nitrogens with one attached hydrogen (secondary N) is 1. The van der Waals surface area contributed by atoms with Crippen LogP contribution in [0.5, 0.6) is 0 Å². The van der Waals surface area contributed by atoms with E-state index in [2.05, 4.69) is 29.2 Å². The topological polar surface area (TPSA) is 33.1 Å². The average molecular weight is 307 g/mol. The van der Waals surface area contributed by atoms with Gasteiger partial charge in [-0.1, -0.05) is 13.8 Å². The van der Waals surface area contributed by atoms with Crippen molar-refractivity contribution in [1.82, 2.24) is 20.0 Å². The van der Waals surface area contributed by atoms with E-state index in [0.717, 1.165) is 38.3 Å². The van der Waals surface area contributed by atoms with Gasteiger partial charge in [-0.3, -0.25) is 0 Å². The van der Waals surface area contributed by atoms with E-state index in [9.17, 15) is 4.39 Å². The molecule has 0 saturated carbocycles. The highest BCUT2D eigenvalue weighted by atomic mass is 35.5. The van der Waals surface area contributed by atoms with Crippen molar-refractivity contribution in [2.45, 2.75) is 47.2 Å². The lowest BCUT2D eigenvalue weighted by molar-refractivity contribution is 0.298. The summed E-state index contributed by atoms with van der Waals surface area (Å²) in [5.74, 6) is -0.198. The minimum absolute atomic E-state index is 0. The molecule has 0 saturated heterocycles. The number of halogens is 2. The van der Waals surface area contributed by atoms with E-state index >= 15 is 0 Å². The molecule has 4 nitrogen and oxygen atoms in total. The Hall–Kier alpha value is -0.650. The molecule has 1 rings (SSSR count). The normalized spacial score (nSPS) is 10.9. The van der Waals surface area contributed by atoms with Crippen molar-refractivity contribution in [3.63, 3.8) is 0 Å². The molecule has 1 aromatic heterocycles. The van der Waals surface area contributed by atoms with E-state index in [4.69, 9.17) is 0 Å². The van der Waals surface area contributed by atoms with Crippen molar-refractivity contribution < 1.29 is 4.39 Å². The van der Waals surface area contributed by atoms with E-state index in [0.29, 0.717) is 18.7 Å². The molecule has 0 radical (unpaired) electrons. The monoisotopic (exact) mass is 306 g/mol. The van der Waals surface area contributed by atoms with E-state index in [1.165, 1.54) is 4.68 Å². The zero-order chi connectivity index (χ0) is 14.3. The third-order valence-electron chi connectivity index (χ3n) is 3.51. The first kappa shape index (κ1) is 19.4. The van der Waals surface area contributed by atoms with Gasteiger partial charge in [0.1, 0.15) is 0 Å². The van der Waals surface area contributed by atoms with Crippen LogP contribution in [0.15, 0.2) is 0 Å². The molecule has 0 fully saturated rings. The van der Waals surface area contributed by atoms with Crippen molar-refractivity contribution in [2.75, 3.05) is 26.2 Å². The van der Waals surface area contributed by atoms with Gasteiger partial charge in [0.2, 0.25) is 5.95 Å². The Kier molecular flexibility index (Phi) is 9.80. The molecule has 0 aromatic carbocycles. The first-order valence-electron chi connectivity index (χ1n) is 7.28. The maximum absolute atomic E-state index is 13.9. The first-order valence-corrected chi connectivity index (χ1v) is 7.28. The molecule has 118 valence electrons. The summed E-state index contributed by atoms with van der Waals surface area (Å²) in [4.78, 5) is 2.39. The third kappa shape index (κ3) is 5.38. The standard InChI is InChI=1S/C14H27FN4.ClH/c1-5-18(6-2)10-8-9-16-11-13-12(4)17-19(7-3)14(13)15;/h16H,5-11H2,1-4H3;1H. The Labute approximate surface area is 128 Å². The molecule has 0 amide bonds. The predicted molar refractivity (Wildman–Crippen MR) is 84.0 cm³/mol. The number of aromatic nitrogens is 2. The smallest absolute Gasteiger partial charge is 0.216 e. The Morgan fingerprint density at radius 1 is 1.25 bits per heavy atom. The van der Waals surface area contributed by atoms with E-state index in [-0.39, 0.29) is 18.4 Å². The highest BCUT2D eigenvalue weighted by molar-refractivity contribution is 5.85.